The van der Waals surface area contributed by atoms with Gasteiger partial charge in [0.2, 0.25) is 0 Å². The zero-order valence-electron chi connectivity index (χ0n) is 10.1. The highest BCUT2D eigenvalue weighted by molar-refractivity contribution is 7.98. The van der Waals surface area contributed by atoms with Crippen molar-refractivity contribution >= 4 is 40.1 Å². The van der Waals surface area contributed by atoms with Crippen LogP contribution in [0.5, 0.6) is 0 Å². The van der Waals surface area contributed by atoms with E-state index in [-0.39, 0.29) is 0 Å². The molecule has 2 nitrogen and oxygen atoms in total. The Hall–Kier alpha value is -1.30. The van der Waals surface area contributed by atoms with Crippen LogP contribution in [0, 0.1) is 0 Å². The number of nitrogen functional groups attached to an aromatic ring is 1. The minimum absolute atomic E-state index is 0.803. The summed E-state index contributed by atoms with van der Waals surface area (Å²) in [6.07, 6.45) is 0. The second-order valence-electron chi connectivity index (χ2n) is 4.01. The predicted molar refractivity (Wildman–Crippen MR) is 85.8 cm³/mol. The highest BCUT2D eigenvalue weighted by Gasteiger charge is 2.05. The maximum absolute atomic E-state index is 5.67. The molecule has 0 unspecified atom stereocenters. The first-order valence-electron chi connectivity index (χ1n) is 5.76. The second-order valence-corrected chi connectivity index (χ2v) is 6.70. The average molecular weight is 304 g/mol. The van der Waals surface area contributed by atoms with Gasteiger partial charge in [0.1, 0.15) is 5.01 Å². The van der Waals surface area contributed by atoms with Crippen molar-refractivity contribution in [2.45, 2.75) is 10.6 Å². The van der Waals surface area contributed by atoms with Crippen LogP contribution in [0.25, 0.3) is 10.6 Å². The number of nitrogens with zero attached hydrogens (tertiary/aromatic N) is 1. The first kappa shape index (κ1) is 12.7. The number of hydrogen-bond acceptors (Lipinski definition) is 5. The van der Waals surface area contributed by atoms with Crippen molar-refractivity contribution in [3.05, 3.63) is 52.2 Å². The van der Waals surface area contributed by atoms with E-state index in [1.54, 1.807) is 34.4 Å². The van der Waals surface area contributed by atoms with Crippen LogP contribution in [-0.2, 0) is 5.75 Å². The van der Waals surface area contributed by atoms with Gasteiger partial charge in [0, 0.05) is 32.7 Å². The number of rotatable bonds is 4. The minimum atomic E-state index is 0.803. The third-order valence-corrected chi connectivity index (χ3v) is 5.26. The number of thioether (sulfide) groups is 1. The number of anilines is 1. The molecule has 0 saturated carbocycles. The molecule has 96 valence electrons. The Kier molecular flexibility index (Phi) is 3.87. The van der Waals surface area contributed by atoms with Gasteiger partial charge in [-0.1, -0.05) is 0 Å². The summed E-state index contributed by atoms with van der Waals surface area (Å²) in [5, 5.41) is 7.46. The van der Waals surface area contributed by atoms with E-state index in [9.17, 15) is 0 Å². The molecule has 2 N–H and O–H groups in total. The van der Waals surface area contributed by atoms with Gasteiger partial charge in [0.05, 0.1) is 5.69 Å². The lowest BCUT2D eigenvalue weighted by Gasteiger charge is -1.99. The van der Waals surface area contributed by atoms with Crippen molar-refractivity contribution in [2.75, 3.05) is 5.73 Å². The van der Waals surface area contributed by atoms with Gasteiger partial charge in [0.15, 0.2) is 0 Å². The summed E-state index contributed by atoms with van der Waals surface area (Å²) in [4.78, 5) is 5.89. The Morgan fingerprint density at radius 2 is 1.95 bits per heavy atom. The highest BCUT2D eigenvalue weighted by atomic mass is 32.2. The fourth-order valence-electron chi connectivity index (χ4n) is 1.61. The van der Waals surface area contributed by atoms with E-state index in [4.69, 9.17) is 5.73 Å². The molecule has 0 spiro atoms. The fourth-order valence-corrected chi connectivity index (χ4v) is 4.04. The van der Waals surface area contributed by atoms with Crippen molar-refractivity contribution in [3.63, 3.8) is 0 Å². The van der Waals surface area contributed by atoms with E-state index >= 15 is 0 Å². The lowest BCUT2D eigenvalue weighted by atomic mass is 10.3. The Labute approximate surface area is 124 Å². The lowest BCUT2D eigenvalue weighted by molar-refractivity contribution is 1.23. The van der Waals surface area contributed by atoms with Crippen LogP contribution in [0.15, 0.2) is 51.4 Å². The molecule has 0 aliphatic heterocycles. The number of thiazole rings is 1. The summed E-state index contributed by atoms with van der Waals surface area (Å²) in [7, 11) is 0. The van der Waals surface area contributed by atoms with E-state index in [2.05, 4.69) is 27.2 Å². The molecule has 0 fully saturated rings. The maximum atomic E-state index is 5.67. The van der Waals surface area contributed by atoms with Crippen molar-refractivity contribution < 1.29 is 0 Å². The molecule has 19 heavy (non-hydrogen) atoms. The first-order chi connectivity index (χ1) is 9.31. The van der Waals surface area contributed by atoms with Crippen LogP contribution < -0.4 is 5.73 Å². The van der Waals surface area contributed by atoms with Crippen LogP contribution in [-0.4, -0.2) is 4.98 Å². The molecule has 0 saturated heterocycles. The number of hydrogen-bond donors (Lipinski definition) is 1. The summed E-state index contributed by atoms with van der Waals surface area (Å²) < 4.78 is 0. The third kappa shape index (κ3) is 3.18. The molecule has 0 amide bonds. The Balaban J connectivity index is 1.66. The molecule has 1 aromatic carbocycles. The molecule has 3 aromatic rings. The van der Waals surface area contributed by atoms with Gasteiger partial charge in [-0.2, -0.15) is 11.3 Å². The molecule has 0 bridgehead atoms. The maximum Gasteiger partial charge on any atom is 0.124 e. The van der Waals surface area contributed by atoms with Gasteiger partial charge < -0.3 is 5.73 Å². The highest BCUT2D eigenvalue weighted by Crippen LogP contribution is 2.29. The molecule has 2 heterocycles. The second kappa shape index (κ2) is 5.77. The van der Waals surface area contributed by atoms with Gasteiger partial charge in [-0.3, -0.25) is 0 Å². The van der Waals surface area contributed by atoms with Gasteiger partial charge >= 0.3 is 0 Å². The molecular weight excluding hydrogens is 292 g/mol. The summed E-state index contributed by atoms with van der Waals surface area (Å²) >= 11 is 5.20. The molecule has 2 aromatic heterocycles. The standard InChI is InChI=1S/C14H12N2S3/c15-11-1-3-13(4-2-11)18-8-12-9-19-14(16-12)10-5-6-17-7-10/h1-7,9H,8,15H2. The first-order valence-corrected chi connectivity index (χ1v) is 8.57. The predicted octanol–water partition coefficient (Wildman–Crippen LogP) is 4.75. The van der Waals surface area contributed by atoms with E-state index < -0.39 is 0 Å². The zero-order chi connectivity index (χ0) is 13.1. The summed E-state index contributed by atoms with van der Waals surface area (Å²) in [6.45, 7) is 0. The Morgan fingerprint density at radius 1 is 1.11 bits per heavy atom. The van der Waals surface area contributed by atoms with E-state index in [0.29, 0.717) is 0 Å². The van der Waals surface area contributed by atoms with Crippen molar-refractivity contribution in [2.24, 2.45) is 0 Å². The number of benzene rings is 1. The lowest BCUT2D eigenvalue weighted by Crippen LogP contribution is -1.84. The SMILES string of the molecule is Nc1ccc(SCc2csc(-c3ccsc3)n2)cc1. The van der Waals surface area contributed by atoms with Crippen LogP contribution in [0.1, 0.15) is 5.69 Å². The number of thiophene rings is 1. The van der Waals surface area contributed by atoms with Crippen LogP contribution >= 0.6 is 34.4 Å². The van der Waals surface area contributed by atoms with Crippen molar-refractivity contribution in [3.8, 4) is 10.6 Å². The van der Waals surface area contributed by atoms with E-state index in [1.165, 1.54) is 10.5 Å². The van der Waals surface area contributed by atoms with Crippen molar-refractivity contribution in [1.29, 1.82) is 0 Å². The largest absolute Gasteiger partial charge is 0.399 e. The Morgan fingerprint density at radius 3 is 2.68 bits per heavy atom. The van der Waals surface area contributed by atoms with Crippen molar-refractivity contribution in [1.82, 2.24) is 4.98 Å². The average Bonchev–Trinajstić information content (AvgIpc) is 3.09. The van der Waals surface area contributed by atoms with Crippen LogP contribution in [0.3, 0.4) is 0 Å². The quantitative estimate of drug-likeness (QED) is 0.558. The zero-order valence-corrected chi connectivity index (χ0v) is 12.5. The normalized spacial score (nSPS) is 10.7. The van der Waals surface area contributed by atoms with Crippen LogP contribution in [0.4, 0.5) is 5.69 Å². The molecule has 0 radical (unpaired) electrons. The van der Waals surface area contributed by atoms with Gasteiger partial charge in [-0.05, 0) is 35.7 Å². The molecule has 3 rings (SSSR count). The smallest absolute Gasteiger partial charge is 0.124 e. The van der Waals surface area contributed by atoms with Gasteiger partial charge in [-0.15, -0.1) is 23.1 Å². The fraction of sp³-hybridized carbons (Fsp3) is 0.0714. The number of aromatic nitrogens is 1. The monoisotopic (exact) mass is 304 g/mol. The molecule has 5 heteroatoms. The molecular formula is C14H12N2S3. The number of nitrogens with two attached hydrogens (primary N) is 1. The Bertz CT molecular complexity index is 642. The third-order valence-electron chi connectivity index (χ3n) is 2.59. The summed E-state index contributed by atoms with van der Waals surface area (Å²) in [5.41, 5.74) is 8.83. The van der Waals surface area contributed by atoms with Gasteiger partial charge in [0.25, 0.3) is 0 Å². The van der Waals surface area contributed by atoms with E-state index in [0.717, 1.165) is 22.1 Å². The van der Waals surface area contributed by atoms with Crippen LogP contribution in [0.2, 0.25) is 0 Å². The van der Waals surface area contributed by atoms with E-state index in [1.807, 2.05) is 24.3 Å². The summed E-state index contributed by atoms with van der Waals surface area (Å²) in [5.74, 6) is 0.893. The topological polar surface area (TPSA) is 38.9 Å². The molecule has 0 aliphatic rings. The summed E-state index contributed by atoms with van der Waals surface area (Å²) in [6, 6.07) is 10.1. The molecule has 0 aliphatic carbocycles. The minimum Gasteiger partial charge on any atom is -0.399 e. The van der Waals surface area contributed by atoms with Gasteiger partial charge in [-0.25, -0.2) is 4.98 Å². The molecule has 0 atom stereocenters.